The van der Waals surface area contributed by atoms with E-state index >= 15 is 0 Å². The van der Waals surface area contributed by atoms with E-state index in [1.54, 1.807) is 0 Å². The van der Waals surface area contributed by atoms with E-state index < -0.39 is 23.4 Å². The molecule has 0 saturated carbocycles. The number of fused-ring (bicyclic) bond motifs is 1. The van der Waals surface area contributed by atoms with E-state index in [4.69, 9.17) is 16.3 Å². The summed E-state index contributed by atoms with van der Waals surface area (Å²) in [6.07, 6.45) is 0.560. The molecule has 2 aromatic rings. The second-order valence-electron chi connectivity index (χ2n) is 5.50. The van der Waals surface area contributed by atoms with E-state index in [-0.39, 0.29) is 21.6 Å². The molecule has 0 saturated heterocycles. The minimum atomic E-state index is -0.646. The van der Waals surface area contributed by atoms with Gasteiger partial charge in [-0.25, -0.2) is 0 Å². The largest absolute Gasteiger partial charge is 0.455 e. The topological polar surface area (TPSA) is 98.5 Å². The lowest BCUT2D eigenvalue weighted by atomic mass is 10.1. The van der Waals surface area contributed by atoms with E-state index in [0.29, 0.717) is 6.42 Å². The third kappa shape index (κ3) is 4.14. The molecule has 9 heteroatoms. The van der Waals surface area contributed by atoms with Crippen LogP contribution in [0.4, 0.5) is 11.4 Å². The van der Waals surface area contributed by atoms with Gasteiger partial charge < -0.3 is 10.1 Å². The zero-order valence-electron chi connectivity index (χ0n) is 13.3. The molecule has 134 valence electrons. The molecule has 3 rings (SSSR count). The fraction of sp³-hybridized carbons (Fsp3) is 0.176. The number of nitrogens with one attached hydrogen (secondary N) is 1. The molecule has 0 aliphatic carbocycles. The lowest BCUT2D eigenvalue weighted by Crippen LogP contribution is -2.26. The molecule has 0 spiro atoms. The van der Waals surface area contributed by atoms with Gasteiger partial charge in [0.2, 0.25) is 0 Å². The van der Waals surface area contributed by atoms with Gasteiger partial charge in [-0.3, -0.25) is 19.7 Å². The molecule has 0 radical (unpaired) electrons. The minimum Gasteiger partial charge on any atom is -0.455 e. The van der Waals surface area contributed by atoms with E-state index in [0.717, 1.165) is 16.5 Å². The number of thioether (sulfide) groups is 1. The number of nitro benzene ring substituents is 1. The van der Waals surface area contributed by atoms with Crippen molar-refractivity contribution in [2.45, 2.75) is 16.6 Å². The van der Waals surface area contributed by atoms with Gasteiger partial charge in [-0.05, 0) is 30.2 Å². The molecule has 1 unspecified atom stereocenters. The van der Waals surface area contributed by atoms with Crippen molar-refractivity contribution in [1.29, 1.82) is 0 Å². The number of nitrogens with zero attached hydrogens (tertiary/aromatic N) is 1. The van der Waals surface area contributed by atoms with Crippen molar-refractivity contribution in [1.82, 2.24) is 0 Å². The third-order valence-corrected chi connectivity index (χ3v) is 5.30. The zero-order valence-corrected chi connectivity index (χ0v) is 14.9. The fourth-order valence-corrected chi connectivity index (χ4v) is 3.85. The van der Waals surface area contributed by atoms with Crippen LogP contribution in [0.3, 0.4) is 0 Å². The van der Waals surface area contributed by atoms with Crippen LogP contribution in [0.2, 0.25) is 5.02 Å². The normalized spacial score (nSPS) is 15.2. The van der Waals surface area contributed by atoms with Crippen molar-refractivity contribution in [3.8, 4) is 0 Å². The number of esters is 1. The van der Waals surface area contributed by atoms with Crippen molar-refractivity contribution in [3.05, 3.63) is 63.2 Å². The molecule has 26 heavy (non-hydrogen) atoms. The maximum Gasteiger partial charge on any atom is 0.320 e. The third-order valence-electron chi connectivity index (χ3n) is 3.68. The van der Waals surface area contributed by atoms with Crippen LogP contribution in [0.25, 0.3) is 0 Å². The molecule has 7 nitrogen and oxygen atoms in total. The van der Waals surface area contributed by atoms with Gasteiger partial charge in [-0.2, -0.15) is 0 Å². The predicted molar refractivity (Wildman–Crippen MR) is 97.5 cm³/mol. The average molecular weight is 393 g/mol. The lowest BCUT2D eigenvalue weighted by Gasteiger charge is -2.10. The smallest absolute Gasteiger partial charge is 0.320 e. The number of carbonyl (C=O) groups is 2. The van der Waals surface area contributed by atoms with E-state index in [1.165, 1.54) is 23.9 Å². The average Bonchev–Trinajstić information content (AvgIpc) is 3.05. The summed E-state index contributed by atoms with van der Waals surface area (Å²) in [5.74, 6) is -1.06. The SMILES string of the molecule is O=C(COC(=O)C1Cc2ccccc2S1)Nc1ccc(Cl)c([N+](=O)[O-])c1. The van der Waals surface area contributed by atoms with Crippen molar-refractivity contribution < 1.29 is 19.2 Å². The second kappa shape index (κ2) is 7.76. The number of ether oxygens (including phenoxy) is 1. The van der Waals surface area contributed by atoms with Crippen molar-refractivity contribution in [2.75, 3.05) is 11.9 Å². The Morgan fingerprint density at radius 3 is 2.81 bits per heavy atom. The van der Waals surface area contributed by atoms with Gasteiger partial charge in [0.15, 0.2) is 6.61 Å². The van der Waals surface area contributed by atoms with Crippen molar-refractivity contribution in [2.24, 2.45) is 0 Å². The fourth-order valence-electron chi connectivity index (χ4n) is 2.47. The van der Waals surface area contributed by atoms with Crippen LogP contribution in [0.1, 0.15) is 5.56 Å². The van der Waals surface area contributed by atoms with Crippen molar-refractivity contribution >= 4 is 46.6 Å². The summed E-state index contributed by atoms with van der Waals surface area (Å²) >= 11 is 7.13. The highest BCUT2D eigenvalue weighted by Crippen LogP contribution is 2.37. The number of halogens is 1. The minimum absolute atomic E-state index is 0.0303. The number of nitro groups is 1. The van der Waals surface area contributed by atoms with Crippen LogP contribution >= 0.6 is 23.4 Å². The van der Waals surface area contributed by atoms with Gasteiger partial charge in [0, 0.05) is 16.6 Å². The van der Waals surface area contributed by atoms with Crippen LogP contribution in [0.15, 0.2) is 47.4 Å². The Morgan fingerprint density at radius 1 is 1.31 bits per heavy atom. The molecular formula is C17H13ClN2O5S. The first-order valence-electron chi connectivity index (χ1n) is 7.59. The second-order valence-corrected chi connectivity index (χ2v) is 7.15. The van der Waals surface area contributed by atoms with Crippen LogP contribution in [-0.2, 0) is 20.7 Å². The predicted octanol–water partition coefficient (Wildman–Crippen LogP) is 3.45. The van der Waals surface area contributed by atoms with Gasteiger partial charge in [-0.1, -0.05) is 29.8 Å². The van der Waals surface area contributed by atoms with E-state index in [1.807, 2.05) is 24.3 Å². The van der Waals surface area contributed by atoms with Crippen LogP contribution in [0.5, 0.6) is 0 Å². The summed E-state index contributed by atoms with van der Waals surface area (Å²) in [5, 5.41) is 12.9. The summed E-state index contributed by atoms with van der Waals surface area (Å²) < 4.78 is 5.06. The number of hydrogen-bond donors (Lipinski definition) is 1. The number of amides is 1. The lowest BCUT2D eigenvalue weighted by molar-refractivity contribution is -0.384. The molecule has 1 heterocycles. The van der Waals surface area contributed by atoms with Gasteiger partial charge in [0.1, 0.15) is 10.3 Å². The number of rotatable bonds is 5. The number of benzene rings is 2. The summed E-state index contributed by atoms with van der Waals surface area (Å²) in [4.78, 5) is 35.3. The molecule has 0 bridgehead atoms. The van der Waals surface area contributed by atoms with E-state index in [2.05, 4.69) is 5.32 Å². The maximum atomic E-state index is 12.1. The molecule has 1 atom stereocenters. The van der Waals surface area contributed by atoms with Gasteiger partial charge in [0.05, 0.1) is 4.92 Å². The summed E-state index contributed by atoms with van der Waals surface area (Å²) in [6.45, 7) is -0.470. The van der Waals surface area contributed by atoms with Gasteiger partial charge in [0.25, 0.3) is 11.6 Å². The number of hydrogen-bond acceptors (Lipinski definition) is 6. The Balaban J connectivity index is 1.53. The summed E-state index contributed by atoms with van der Waals surface area (Å²) in [5.41, 5.74) is 0.962. The first kappa shape index (κ1) is 18.2. The molecule has 1 aliphatic heterocycles. The summed E-state index contributed by atoms with van der Waals surface area (Å²) in [6, 6.07) is 11.6. The Kier molecular flexibility index (Phi) is 5.43. The maximum absolute atomic E-state index is 12.1. The molecule has 0 aromatic heterocycles. The Labute approximate surface area is 157 Å². The Hall–Kier alpha value is -2.58. The molecule has 1 amide bonds. The summed E-state index contributed by atoms with van der Waals surface area (Å²) in [7, 11) is 0. The highest BCUT2D eigenvalue weighted by atomic mass is 35.5. The number of anilines is 1. The zero-order chi connectivity index (χ0) is 18.7. The standard InChI is InChI=1S/C17H13ClN2O5S/c18-12-6-5-11(8-13(12)20(23)24)19-16(21)9-25-17(22)15-7-10-3-1-2-4-14(10)26-15/h1-6,8,15H,7,9H2,(H,19,21). The quantitative estimate of drug-likeness (QED) is 0.475. The van der Waals surface area contributed by atoms with Crippen LogP contribution in [-0.4, -0.2) is 28.7 Å². The molecule has 1 N–H and O–H groups in total. The number of carbonyl (C=O) groups excluding carboxylic acids is 2. The van der Waals surface area contributed by atoms with Gasteiger partial charge in [-0.15, -0.1) is 11.8 Å². The first-order valence-corrected chi connectivity index (χ1v) is 8.85. The molecule has 0 fully saturated rings. The first-order chi connectivity index (χ1) is 12.4. The van der Waals surface area contributed by atoms with Gasteiger partial charge >= 0.3 is 5.97 Å². The van der Waals surface area contributed by atoms with Crippen LogP contribution < -0.4 is 5.32 Å². The Morgan fingerprint density at radius 2 is 2.08 bits per heavy atom. The molecule has 2 aromatic carbocycles. The molecule has 1 aliphatic rings. The van der Waals surface area contributed by atoms with E-state index in [9.17, 15) is 19.7 Å². The molecular weight excluding hydrogens is 380 g/mol. The van der Waals surface area contributed by atoms with Crippen LogP contribution in [0, 0.1) is 10.1 Å². The highest BCUT2D eigenvalue weighted by molar-refractivity contribution is 8.01. The van der Waals surface area contributed by atoms with Crippen molar-refractivity contribution in [3.63, 3.8) is 0 Å². The monoisotopic (exact) mass is 392 g/mol. The Bertz CT molecular complexity index is 864. The highest BCUT2D eigenvalue weighted by Gasteiger charge is 2.29.